The zero-order chi connectivity index (χ0) is 9.03. The maximum Gasteiger partial charge on any atom is 0.0589 e. The minimum atomic E-state index is 0.395. The van der Waals surface area contributed by atoms with Gasteiger partial charge in [0.1, 0.15) is 0 Å². The van der Waals surface area contributed by atoms with Crippen LogP contribution in [-0.4, -0.2) is 38.3 Å². The van der Waals surface area contributed by atoms with Crippen LogP contribution in [-0.2, 0) is 4.74 Å². The number of ether oxygens (including phenoxy) is 1. The SMILES string of the molecule is COCCN1CC[CH]C(C)(C)C1. The summed E-state index contributed by atoms with van der Waals surface area (Å²) in [5, 5.41) is 0. The van der Waals surface area contributed by atoms with E-state index in [-0.39, 0.29) is 0 Å². The van der Waals surface area contributed by atoms with Gasteiger partial charge in [0.15, 0.2) is 0 Å². The molecule has 0 amide bonds. The first-order valence-corrected chi connectivity index (χ1v) is 4.70. The molecule has 71 valence electrons. The summed E-state index contributed by atoms with van der Waals surface area (Å²) in [5.41, 5.74) is 0.395. The second-order valence-electron chi connectivity index (χ2n) is 4.25. The maximum atomic E-state index is 5.06. The van der Waals surface area contributed by atoms with Crippen LogP contribution in [0.3, 0.4) is 0 Å². The Bertz CT molecular complexity index is 134. The van der Waals surface area contributed by atoms with Gasteiger partial charge >= 0.3 is 0 Å². The smallest absolute Gasteiger partial charge is 0.0589 e. The second-order valence-corrected chi connectivity index (χ2v) is 4.25. The Balaban J connectivity index is 2.26. The minimum absolute atomic E-state index is 0.395. The van der Waals surface area contributed by atoms with Crippen LogP contribution >= 0.6 is 0 Å². The Kier molecular flexibility index (Phi) is 3.53. The number of methoxy groups -OCH3 is 1. The summed E-state index contributed by atoms with van der Waals surface area (Å²) in [6.45, 7) is 8.91. The number of piperidine rings is 1. The Morgan fingerprint density at radius 1 is 1.50 bits per heavy atom. The summed E-state index contributed by atoms with van der Waals surface area (Å²) < 4.78 is 5.06. The van der Waals surface area contributed by atoms with Crippen LogP contribution in [0.15, 0.2) is 0 Å². The van der Waals surface area contributed by atoms with Crippen molar-refractivity contribution in [2.45, 2.75) is 20.3 Å². The van der Waals surface area contributed by atoms with E-state index in [4.69, 9.17) is 4.74 Å². The van der Waals surface area contributed by atoms with E-state index >= 15 is 0 Å². The molecule has 0 aromatic carbocycles. The van der Waals surface area contributed by atoms with Crippen molar-refractivity contribution in [2.75, 3.05) is 33.4 Å². The Hall–Kier alpha value is -0.0800. The highest BCUT2D eigenvalue weighted by Gasteiger charge is 2.25. The lowest BCUT2D eigenvalue weighted by Crippen LogP contribution is -2.41. The van der Waals surface area contributed by atoms with Crippen molar-refractivity contribution in [3.63, 3.8) is 0 Å². The standard InChI is InChI=1S/C10H20NO/c1-10(2)5-4-6-11(9-10)7-8-12-3/h5H,4,6-9H2,1-3H3. The van der Waals surface area contributed by atoms with Gasteiger partial charge in [0.2, 0.25) is 0 Å². The van der Waals surface area contributed by atoms with Crippen LogP contribution in [0.1, 0.15) is 20.3 Å². The fourth-order valence-corrected chi connectivity index (χ4v) is 1.77. The third-order valence-electron chi connectivity index (χ3n) is 2.39. The molecule has 0 spiro atoms. The van der Waals surface area contributed by atoms with Crippen LogP contribution in [0.5, 0.6) is 0 Å². The minimum Gasteiger partial charge on any atom is -0.383 e. The zero-order valence-corrected chi connectivity index (χ0v) is 8.47. The van der Waals surface area contributed by atoms with E-state index in [1.807, 2.05) is 0 Å². The summed E-state index contributed by atoms with van der Waals surface area (Å²) in [5.74, 6) is 0. The molecular weight excluding hydrogens is 150 g/mol. The summed E-state index contributed by atoms with van der Waals surface area (Å²) in [7, 11) is 1.77. The molecule has 0 bridgehead atoms. The lowest BCUT2D eigenvalue weighted by molar-refractivity contribution is 0.109. The molecule has 0 N–H and O–H groups in total. The predicted octanol–water partition coefficient (Wildman–Crippen LogP) is 1.57. The Labute approximate surface area is 75.9 Å². The summed E-state index contributed by atoms with van der Waals surface area (Å²) in [6.07, 6.45) is 3.65. The van der Waals surface area contributed by atoms with Crippen LogP contribution < -0.4 is 0 Å². The molecule has 1 aliphatic heterocycles. The molecule has 0 saturated carbocycles. The van der Waals surface area contributed by atoms with Gasteiger partial charge in [0, 0.05) is 20.2 Å². The van der Waals surface area contributed by atoms with E-state index in [1.165, 1.54) is 19.5 Å². The molecule has 2 heteroatoms. The fourth-order valence-electron chi connectivity index (χ4n) is 1.77. The molecule has 0 aromatic heterocycles. The maximum absolute atomic E-state index is 5.06. The molecular formula is C10H20NO. The number of hydrogen-bond acceptors (Lipinski definition) is 2. The van der Waals surface area contributed by atoms with Gasteiger partial charge in [-0.25, -0.2) is 0 Å². The third kappa shape index (κ3) is 3.11. The van der Waals surface area contributed by atoms with E-state index in [2.05, 4.69) is 25.2 Å². The fraction of sp³-hybridized carbons (Fsp3) is 0.900. The van der Waals surface area contributed by atoms with Crippen molar-refractivity contribution in [2.24, 2.45) is 5.41 Å². The summed E-state index contributed by atoms with van der Waals surface area (Å²) >= 11 is 0. The van der Waals surface area contributed by atoms with Gasteiger partial charge in [-0.05, 0) is 24.8 Å². The number of hydrogen-bond donors (Lipinski definition) is 0. The quantitative estimate of drug-likeness (QED) is 0.637. The van der Waals surface area contributed by atoms with Crippen molar-refractivity contribution >= 4 is 0 Å². The van der Waals surface area contributed by atoms with Crippen molar-refractivity contribution < 1.29 is 4.74 Å². The molecule has 1 heterocycles. The molecule has 1 fully saturated rings. The monoisotopic (exact) mass is 170 g/mol. The predicted molar refractivity (Wildman–Crippen MR) is 51.0 cm³/mol. The van der Waals surface area contributed by atoms with Gasteiger partial charge in [-0.2, -0.15) is 0 Å². The van der Waals surface area contributed by atoms with Crippen LogP contribution in [0.4, 0.5) is 0 Å². The number of likely N-dealkylation sites (tertiary alicyclic amines) is 1. The van der Waals surface area contributed by atoms with Crippen molar-refractivity contribution in [1.29, 1.82) is 0 Å². The lowest BCUT2D eigenvalue weighted by atomic mass is 9.84. The number of nitrogens with zero attached hydrogens (tertiary/aromatic N) is 1. The van der Waals surface area contributed by atoms with Gasteiger partial charge in [0.25, 0.3) is 0 Å². The molecule has 0 aromatic rings. The van der Waals surface area contributed by atoms with Gasteiger partial charge in [0.05, 0.1) is 6.61 Å². The van der Waals surface area contributed by atoms with Crippen molar-refractivity contribution in [3.8, 4) is 0 Å². The van der Waals surface area contributed by atoms with Gasteiger partial charge in [-0.1, -0.05) is 13.8 Å². The average molecular weight is 170 g/mol. The Morgan fingerprint density at radius 3 is 2.83 bits per heavy atom. The molecule has 12 heavy (non-hydrogen) atoms. The second kappa shape index (κ2) is 4.24. The van der Waals surface area contributed by atoms with Crippen molar-refractivity contribution in [1.82, 2.24) is 4.90 Å². The molecule has 1 aliphatic rings. The highest BCUT2D eigenvalue weighted by atomic mass is 16.5. The Morgan fingerprint density at radius 2 is 2.25 bits per heavy atom. The lowest BCUT2D eigenvalue weighted by Gasteiger charge is -2.37. The van der Waals surface area contributed by atoms with Gasteiger partial charge in [-0.3, -0.25) is 0 Å². The van der Waals surface area contributed by atoms with E-state index < -0.39 is 0 Å². The van der Waals surface area contributed by atoms with Gasteiger partial charge < -0.3 is 9.64 Å². The zero-order valence-electron chi connectivity index (χ0n) is 8.47. The highest BCUT2D eigenvalue weighted by molar-refractivity contribution is 4.92. The first kappa shape index (κ1) is 10.0. The summed E-state index contributed by atoms with van der Waals surface area (Å²) in [4.78, 5) is 2.48. The van der Waals surface area contributed by atoms with E-state index in [1.54, 1.807) is 7.11 Å². The third-order valence-corrected chi connectivity index (χ3v) is 2.39. The molecule has 0 atom stereocenters. The molecule has 1 radical (unpaired) electrons. The van der Waals surface area contributed by atoms with Crippen molar-refractivity contribution in [3.05, 3.63) is 6.42 Å². The first-order valence-electron chi connectivity index (χ1n) is 4.70. The molecule has 1 saturated heterocycles. The normalized spacial score (nSPS) is 24.2. The van der Waals surface area contributed by atoms with Crippen LogP contribution in [0.25, 0.3) is 0 Å². The molecule has 2 nitrogen and oxygen atoms in total. The highest BCUT2D eigenvalue weighted by Crippen LogP contribution is 2.26. The van der Waals surface area contributed by atoms with Crippen LogP contribution in [0.2, 0.25) is 0 Å². The summed E-state index contributed by atoms with van der Waals surface area (Å²) in [6, 6.07) is 0. The molecule has 0 unspecified atom stereocenters. The van der Waals surface area contributed by atoms with Gasteiger partial charge in [-0.15, -0.1) is 0 Å². The van der Waals surface area contributed by atoms with Crippen LogP contribution in [0, 0.1) is 11.8 Å². The number of rotatable bonds is 3. The molecule has 1 rings (SSSR count). The van der Waals surface area contributed by atoms with E-state index in [9.17, 15) is 0 Å². The first-order chi connectivity index (χ1) is 5.64. The van der Waals surface area contributed by atoms with E-state index in [0.29, 0.717) is 5.41 Å². The molecule has 0 aliphatic carbocycles. The topological polar surface area (TPSA) is 12.5 Å². The van der Waals surface area contributed by atoms with E-state index in [0.717, 1.165) is 13.2 Å². The largest absolute Gasteiger partial charge is 0.383 e. The average Bonchev–Trinajstić information content (AvgIpc) is 1.99.